The van der Waals surface area contributed by atoms with Crippen LogP contribution < -0.4 is 5.73 Å². The van der Waals surface area contributed by atoms with Crippen LogP contribution in [0, 0.1) is 17.2 Å². The molecular formula is C14H18N4. The first kappa shape index (κ1) is 12.4. The third-order valence-corrected chi connectivity index (χ3v) is 3.52. The van der Waals surface area contributed by atoms with Gasteiger partial charge < -0.3 is 10.3 Å². The zero-order valence-corrected chi connectivity index (χ0v) is 10.8. The van der Waals surface area contributed by atoms with Crippen LogP contribution >= 0.6 is 0 Å². The van der Waals surface area contributed by atoms with Crippen LogP contribution in [0.1, 0.15) is 32.3 Å². The number of nitriles is 1. The van der Waals surface area contributed by atoms with Crippen LogP contribution in [0.3, 0.4) is 0 Å². The normalized spacial score (nSPS) is 11.0. The number of anilines is 1. The van der Waals surface area contributed by atoms with E-state index in [2.05, 4.69) is 24.9 Å². The highest BCUT2D eigenvalue weighted by molar-refractivity contribution is 5.83. The second-order valence-corrected chi connectivity index (χ2v) is 4.55. The van der Waals surface area contributed by atoms with E-state index in [0.29, 0.717) is 22.9 Å². The molecule has 0 aliphatic carbocycles. The Hall–Kier alpha value is -2.02. The van der Waals surface area contributed by atoms with E-state index in [1.807, 2.05) is 16.7 Å². The van der Waals surface area contributed by atoms with Gasteiger partial charge in [-0.05, 0) is 18.1 Å². The van der Waals surface area contributed by atoms with Crippen molar-refractivity contribution in [2.24, 2.45) is 5.92 Å². The predicted octanol–water partition coefficient (Wildman–Crippen LogP) is 2.93. The van der Waals surface area contributed by atoms with Crippen molar-refractivity contribution in [1.29, 1.82) is 5.26 Å². The minimum Gasteiger partial charge on any atom is -0.369 e. The van der Waals surface area contributed by atoms with Gasteiger partial charge in [0.25, 0.3) is 0 Å². The predicted molar refractivity (Wildman–Crippen MR) is 72.9 cm³/mol. The number of nitrogens with zero attached hydrogens (tertiary/aromatic N) is 3. The van der Waals surface area contributed by atoms with Gasteiger partial charge in [-0.3, -0.25) is 0 Å². The molecule has 0 saturated heterocycles. The van der Waals surface area contributed by atoms with Gasteiger partial charge in [0.15, 0.2) is 0 Å². The summed E-state index contributed by atoms with van der Waals surface area (Å²) < 4.78 is 2.02. The second kappa shape index (κ2) is 5.09. The fourth-order valence-electron chi connectivity index (χ4n) is 2.25. The highest BCUT2D eigenvalue weighted by atomic mass is 15.2. The van der Waals surface area contributed by atoms with E-state index in [1.54, 1.807) is 6.07 Å². The lowest BCUT2D eigenvalue weighted by Gasteiger charge is -2.14. The fourth-order valence-corrected chi connectivity index (χ4v) is 2.25. The first-order valence-electron chi connectivity index (χ1n) is 6.36. The summed E-state index contributed by atoms with van der Waals surface area (Å²) in [6, 6.07) is 7.79. The Kier molecular flexibility index (Phi) is 3.52. The smallest absolute Gasteiger partial charge is 0.201 e. The number of nitrogens with two attached hydrogens (primary N) is 1. The lowest BCUT2D eigenvalue weighted by molar-refractivity contribution is 0.427. The van der Waals surface area contributed by atoms with Gasteiger partial charge in [-0.1, -0.05) is 32.8 Å². The molecule has 0 bridgehead atoms. The highest BCUT2D eigenvalue weighted by Gasteiger charge is 2.14. The lowest BCUT2D eigenvalue weighted by Crippen LogP contribution is -2.11. The number of imidazole rings is 1. The molecule has 2 N–H and O–H groups in total. The minimum absolute atomic E-state index is 0.500. The van der Waals surface area contributed by atoms with E-state index in [9.17, 15) is 0 Å². The van der Waals surface area contributed by atoms with Crippen molar-refractivity contribution in [1.82, 2.24) is 9.55 Å². The molecule has 4 nitrogen and oxygen atoms in total. The third-order valence-electron chi connectivity index (χ3n) is 3.52. The van der Waals surface area contributed by atoms with E-state index >= 15 is 0 Å². The molecule has 2 rings (SSSR count). The number of para-hydroxylation sites is 1. The van der Waals surface area contributed by atoms with Gasteiger partial charge in [0.2, 0.25) is 5.95 Å². The molecule has 0 unspecified atom stereocenters. The fraction of sp³-hybridized carbons (Fsp3) is 0.429. The maximum atomic E-state index is 9.07. The van der Waals surface area contributed by atoms with Crippen molar-refractivity contribution in [3.8, 4) is 6.07 Å². The van der Waals surface area contributed by atoms with Gasteiger partial charge >= 0.3 is 0 Å². The standard InChI is InChI=1S/C14H18N4/c1-3-10(4-2)9-18-12-7-5-6-11(8-15)13(12)17-14(18)16/h5-7,10H,3-4,9H2,1-2H3,(H2,16,17). The van der Waals surface area contributed by atoms with Gasteiger partial charge in [-0.15, -0.1) is 0 Å². The molecule has 1 aromatic carbocycles. The zero-order chi connectivity index (χ0) is 13.1. The molecule has 0 fully saturated rings. The molecule has 0 radical (unpaired) electrons. The average molecular weight is 242 g/mol. The largest absolute Gasteiger partial charge is 0.369 e. The van der Waals surface area contributed by atoms with Crippen LogP contribution in [0.25, 0.3) is 11.0 Å². The number of rotatable bonds is 4. The summed E-state index contributed by atoms with van der Waals surface area (Å²) in [7, 11) is 0. The molecule has 0 atom stereocenters. The molecule has 0 aliphatic heterocycles. The molecule has 94 valence electrons. The van der Waals surface area contributed by atoms with Gasteiger partial charge in [0.05, 0.1) is 11.1 Å². The Morgan fingerprint density at radius 1 is 1.39 bits per heavy atom. The van der Waals surface area contributed by atoms with Crippen molar-refractivity contribution < 1.29 is 0 Å². The monoisotopic (exact) mass is 242 g/mol. The molecule has 0 aliphatic rings. The van der Waals surface area contributed by atoms with Gasteiger partial charge in [-0.2, -0.15) is 5.26 Å². The first-order valence-corrected chi connectivity index (χ1v) is 6.36. The Morgan fingerprint density at radius 3 is 2.72 bits per heavy atom. The van der Waals surface area contributed by atoms with Crippen molar-refractivity contribution in [2.75, 3.05) is 5.73 Å². The number of hydrogen-bond acceptors (Lipinski definition) is 3. The SMILES string of the molecule is CCC(CC)Cn1c(N)nc2c(C#N)cccc21. The Bertz CT molecular complexity index is 588. The molecule has 1 aromatic heterocycles. The molecule has 0 spiro atoms. The summed E-state index contributed by atoms with van der Waals surface area (Å²) in [5.41, 5.74) is 8.23. The maximum absolute atomic E-state index is 9.07. The number of hydrogen-bond donors (Lipinski definition) is 1. The summed E-state index contributed by atoms with van der Waals surface area (Å²) >= 11 is 0. The van der Waals surface area contributed by atoms with Crippen LogP contribution in [0.4, 0.5) is 5.95 Å². The molecule has 4 heteroatoms. The molecule has 1 heterocycles. The maximum Gasteiger partial charge on any atom is 0.201 e. The van der Waals surface area contributed by atoms with Crippen molar-refractivity contribution in [2.45, 2.75) is 33.2 Å². The summed E-state index contributed by atoms with van der Waals surface area (Å²) in [5.74, 6) is 1.09. The van der Waals surface area contributed by atoms with Gasteiger partial charge in [0, 0.05) is 6.54 Å². The minimum atomic E-state index is 0.500. The third kappa shape index (κ3) is 2.04. The number of benzene rings is 1. The van der Waals surface area contributed by atoms with Crippen LogP contribution in [0.2, 0.25) is 0 Å². The first-order chi connectivity index (χ1) is 8.71. The Morgan fingerprint density at radius 2 is 2.11 bits per heavy atom. The number of fused-ring (bicyclic) bond motifs is 1. The van der Waals surface area contributed by atoms with Gasteiger partial charge in [-0.25, -0.2) is 4.98 Å². The molecule has 2 aromatic rings. The van der Waals surface area contributed by atoms with Crippen molar-refractivity contribution in [3.05, 3.63) is 23.8 Å². The van der Waals surface area contributed by atoms with Gasteiger partial charge in [0.1, 0.15) is 11.6 Å². The van der Waals surface area contributed by atoms with E-state index in [1.165, 1.54) is 0 Å². The van der Waals surface area contributed by atoms with Crippen LogP contribution in [-0.2, 0) is 6.54 Å². The molecule has 0 saturated carbocycles. The highest BCUT2D eigenvalue weighted by Crippen LogP contribution is 2.23. The summed E-state index contributed by atoms with van der Waals surface area (Å²) in [5, 5.41) is 9.07. The quantitative estimate of drug-likeness (QED) is 0.896. The molecule has 18 heavy (non-hydrogen) atoms. The molecular weight excluding hydrogens is 224 g/mol. The molecule has 0 amide bonds. The van der Waals surface area contributed by atoms with Crippen molar-refractivity contribution >= 4 is 17.0 Å². The topological polar surface area (TPSA) is 67.6 Å². The second-order valence-electron chi connectivity index (χ2n) is 4.55. The number of aromatic nitrogens is 2. The Labute approximate surface area is 107 Å². The van der Waals surface area contributed by atoms with E-state index in [4.69, 9.17) is 11.0 Å². The van der Waals surface area contributed by atoms with E-state index in [0.717, 1.165) is 24.9 Å². The zero-order valence-electron chi connectivity index (χ0n) is 10.8. The van der Waals surface area contributed by atoms with E-state index < -0.39 is 0 Å². The summed E-state index contributed by atoms with van der Waals surface area (Å²) in [6.45, 7) is 5.23. The van der Waals surface area contributed by atoms with Crippen molar-refractivity contribution in [3.63, 3.8) is 0 Å². The summed E-state index contributed by atoms with van der Waals surface area (Å²) in [6.07, 6.45) is 2.24. The average Bonchev–Trinajstić information content (AvgIpc) is 2.71. The number of nitrogen functional groups attached to an aromatic ring is 1. The lowest BCUT2D eigenvalue weighted by atomic mass is 10.0. The van der Waals surface area contributed by atoms with E-state index in [-0.39, 0.29) is 0 Å². The van der Waals surface area contributed by atoms with Crippen LogP contribution in [0.5, 0.6) is 0 Å². The Balaban J connectivity index is 2.51. The van der Waals surface area contributed by atoms with Crippen LogP contribution in [-0.4, -0.2) is 9.55 Å². The summed E-state index contributed by atoms with van der Waals surface area (Å²) in [4.78, 5) is 4.32. The van der Waals surface area contributed by atoms with Crippen LogP contribution in [0.15, 0.2) is 18.2 Å².